The van der Waals surface area contributed by atoms with Gasteiger partial charge in [0, 0.05) is 6.07 Å². The summed E-state index contributed by atoms with van der Waals surface area (Å²) in [5.74, 6) is 0. The van der Waals surface area contributed by atoms with Crippen molar-refractivity contribution in [2.45, 2.75) is 6.92 Å². The molecule has 0 amide bonds. The normalized spacial score (nSPS) is 6.91. The largest absolute Gasteiger partial charge is 1.00 e. The number of nitriles is 1. The molecule has 3 heteroatoms. The smallest absolute Gasteiger partial charge is 0.394 e. The van der Waals surface area contributed by atoms with Crippen LogP contribution in [0.4, 0.5) is 0 Å². The maximum absolute atomic E-state index is 8.42. The number of nitrogens with zero attached hydrogens (tertiary/aromatic N) is 2. The minimum atomic E-state index is 0. The van der Waals surface area contributed by atoms with Crippen molar-refractivity contribution in [1.29, 1.82) is 5.26 Å². The fourth-order valence-corrected chi connectivity index (χ4v) is 0.540. The van der Waals surface area contributed by atoms with Gasteiger partial charge in [-0.25, -0.2) is 5.26 Å². The monoisotopic (exact) mass is 171 g/mol. The van der Waals surface area contributed by atoms with Gasteiger partial charge in [0.15, 0.2) is 0 Å². The van der Waals surface area contributed by atoms with Gasteiger partial charge < -0.3 is 12.4 Å². The summed E-state index contributed by atoms with van der Waals surface area (Å²) in [6, 6.07) is 3.60. The molecule has 2 nitrogen and oxygen atoms in total. The van der Waals surface area contributed by atoms with E-state index >= 15 is 0 Å². The van der Waals surface area contributed by atoms with E-state index in [0.29, 0.717) is 5.56 Å². The number of hydrogen-bond donors (Lipinski definition) is 0. The van der Waals surface area contributed by atoms with E-state index < -0.39 is 0 Å². The molecule has 0 saturated carbocycles. The predicted octanol–water partition coefficient (Wildman–Crippen LogP) is -1.48. The fraction of sp³-hybridized carbons (Fsp3) is 0.125. The van der Waals surface area contributed by atoms with Gasteiger partial charge >= 0.3 is 51.4 Å². The van der Waals surface area contributed by atoms with Crippen LogP contribution in [0.25, 0.3) is 0 Å². The van der Waals surface area contributed by atoms with E-state index in [9.17, 15) is 0 Å². The summed E-state index contributed by atoms with van der Waals surface area (Å²) in [6.45, 7) is 1.85. The third-order valence-electron chi connectivity index (χ3n) is 1.09. The molecule has 0 aliphatic heterocycles. The summed E-state index contributed by atoms with van der Waals surface area (Å²) < 4.78 is 0. The third-order valence-corrected chi connectivity index (χ3v) is 1.09. The number of hydrogen-bond acceptors (Lipinski definition) is 2. The quantitative estimate of drug-likeness (QED) is 0.352. The molecule has 0 fully saturated rings. The Kier molecular flexibility index (Phi) is 8.75. The van der Waals surface area contributed by atoms with E-state index in [-0.39, 0.29) is 58.8 Å². The van der Waals surface area contributed by atoms with Crippen molar-refractivity contribution in [1.82, 2.24) is 4.98 Å². The SMILES string of the molecule is Cc1cn[c-]cc1C#N.[CH3-].[K+]. The molecule has 0 radical (unpaired) electrons. The summed E-state index contributed by atoms with van der Waals surface area (Å²) in [7, 11) is 0. The molecule has 11 heavy (non-hydrogen) atoms. The van der Waals surface area contributed by atoms with Crippen molar-refractivity contribution in [2.75, 3.05) is 0 Å². The average molecular weight is 171 g/mol. The van der Waals surface area contributed by atoms with E-state index in [1.807, 2.05) is 13.0 Å². The topological polar surface area (TPSA) is 36.7 Å². The Morgan fingerprint density at radius 2 is 2.27 bits per heavy atom. The predicted molar refractivity (Wildman–Crippen MR) is 38.9 cm³/mol. The zero-order valence-electron chi connectivity index (χ0n) is 7.05. The summed E-state index contributed by atoms with van der Waals surface area (Å²) in [5.41, 5.74) is 1.54. The molecular weight excluding hydrogens is 163 g/mol. The van der Waals surface area contributed by atoms with Crippen molar-refractivity contribution in [2.24, 2.45) is 0 Å². The summed E-state index contributed by atoms with van der Waals surface area (Å²) >= 11 is 0. The van der Waals surface area contributed by atoms with Crippen LogP contribution in [0.5, 0.6) is 0 Å². The molecule has 1 aromatic heterocycles. The van der Waals surface area contributed by atoms with Crippen molar-refractivity contribution < 1.29 is 51.4 Å². The molecule has 0 aromatic carbocycles. The number of pyridine rings is 1. The second-order valence-electron chi connectivity index (χ2n) is 1.74. The van der Waals surface area contributed by atoms with Crippen LogP contribution in [0.2, 0.25) is 0 Å². The van der Waals surface area contributed by atoms with Crippen LogP contribution < -0.4 is 51.4 Å². The zero-order valence-corrected chi connectivity index (χ0v) is 10.2. The Morgan fingerprint density at radius 1 is 1.64 bits per heavy atom. The molecular formula is C8H8KN2-. The maximum Gasteiger partial charge on any atom is 1.00 e. The summed E-state index contributed by atoms with van der Waals surface area (Å²) in [4.78, 5) is 3.72. The van der Waals surface area contributed by atoms with E-state index in [0.717, 1.165) is 5.56 Å². The van der Waals surface area contributed by atoms with Gasteiger partial charge in [-0.05, 0) is 0 Å². The molecule has 0 N–H and O–H groups in total. The third kappa shape index (κ3) is 3.99. The van der Waals surface area contributed by atoms with Gasteiger partial charge in [-0.3, -0.25) is 0 Å². The van der Waals surface area contributed by atoms with E-state index in [1.165, 1.54) is 0 Å². The molecule has 52 valence electrons. The first-order valence-corrected chi connectivity index (χ1v) is 2.57. The number of rotatable bonds is 0. The van der Waals surface area contributed by atoms with Gasteiger partial charge in [0.25, 0.3) is 0 Å². The summed E-state index contributed by atoms with van der Waals surface area (Å²) in [5, 5.41) is 8.42. The molecule has 0 atom stereocenters. The van der Waals surface area contributed by atoms with Gasteiger partial charge in [-0.2, -0.15) is 0 Å². The fourth-order valence-electron chi connectivity index (χ4n) is 0.540. The Morgan fingerprint density at radius 3 is 2.64 bits per heavy atom. The van der Waals surface area contributed by atoms with Crippen molar-refractivity contribution in [3.8, 4) is 6.07 Å². The Balaban J connectivity index is 0. The molecule has 0 aliphatic carbocycles. The van der Waals surface area contributed by atoms with Crippen molar-refractivity contribution in [3.63, 3.8) is 0 Å². The van der Waals surface area contributed by atoms with E-state index in [2.05, 4.69) is 11.2 Å². The minimum absolute atomic E-state index is 0. The van der Waals surface area contributed by atoms with Crippen LogP contribution in [-0.4, -0.2) is 4.98 Å². The molecule has 0 spiro atoms. The number of aryl methyl sites for hydroxylation is 1. The standard InChI is InChI=1S/C7H5N2.CH3.K/c1-6-5-9-3-2-7(6)4-8;;/h2,5H,1H3;1H3;/q2*-1;+1. The first-order chi connectivity index (χ1) is 4.34. The van der Waals surface area contributed by atoms with Gasteiger partial charge in [-0.15, -0.1) is 11.6 Å². The molecule has 1 aromatic rings. The Bertz CT molecular complexity index is 253. The first-order valence-electron chi connectivity index (χ1n) is 2.57. The molecule has 1 rings (SSSR count). The second-order valence-corrected chi connectivity index (χ2v) is 1.74. The van der Waals surface area contributed by atoms with Crippen LogP contribution >= 0.6 is 0 Å². The van der Waals surface area contributed by atoms with Crippen LogP contribution in [0.3, 0.4) is 0 Å². The molecule has 0 bridgehead atoms. The van der Waals surface area contributed by atoms with Crippen LogP contribution in [0.15, 0.2) is 12.3 Å². The minimum Gasteiger partial charge on any atom is -0.394 e. The second kappa shape index (κ2) is 6.95. The van der Waals surface area contributed by atoms with Gasteiger partial charge in [0.1, 0.15) is 0 Å². The maximum atomic E-state index is 8.42. The van der Waals surface area contributed by atoms with Gasteiger partial charge in [0.05, 0.1) is 0 Å². The summed E-state index contributed by atoms with van der Waals surface area (Å²) in [6.07, 6.45) is 4.20. The van der Waals surface area contributed by atoms with Gasteiger partial charge in [0.2, 0.25) is 0 Å². The van der Waals surface area contributed by atoms with E-state index in [4.69, 9.17) is 5.26 Å². The van der Waals surface area contributed by atoms with Crippen LogP contribution in [-0.2, 0) is 0 Å². The molecule has 0 unspecified atom stereocenters. The van der Waals surface area contributed by atoms with Crippen LogP contribution in [0.1, 0.15) is 11.1 Å². The zero-order chi connectivity index (χ0) is 6.69. The van der Waals surface area contributed by atoms with E-state index in [1.54, 1.807) is 12.3 Å². The Labute approximate surface area is 110 Å². The van der Waals surface area contributed by atoms with Crippen molar-refractivity contribution >= 4 is 0 Å². The first kappa shape index (κ1) is 13.8. The Hall–Kier alpha value is 0.276. The molecule has 0 aliphatic rings. The van der Waals surface area contributed by atoms with Crippen LogP contribution in [0, 0.1) is 31.9 Å². The molecule has 0 saturated heterocycles. The number of aromatic nitrogens is 1. The average Bonchev–Trinajstić information content (AvgIpc) is 1.89. The van der Waals surface area contributed by atoms with Gasteiger partial charge in [-0.1, -0.05) is 24.9 Å². The van der Waals surface area contributed by atoms with Crippen molar-refractivity contribution in [3.05, 3.63) is 37.0 Å². The molecule has 1 heterocycles.